The lowest BCUT2D eigenvalue weighted by molar-refractivity contribution is -0.142. The van der Waals surface area contributed by atoms with Crippen LogP contribution in [-0.2, 0) is 4.79 Å². The number of anilines is 1. The van der Waals surface area contributed by atoms with E-state index in [9.17, 15) is 4.79 Å². The molecular formula is C17H21N3O4. The summed E-state index contributed by atoms with van der Waals surface area (Å²) in [7, 11) is 3.25. The second-order valence-electron chi connectivity index (χ2n) is 5.81. The van der Waals surface area contributed by atoms with Gasteiger partial charge in [-0.15, -0.1) is 0 Å². The first-order valence-corrected chi connectivity index (χ1v) is 7.88. The quantitative estimate of drug-likeness (QED) is 0.875. The normalized spacial score (nSPS) is 15.3. The Morgan fingerprint density at radius 1 is 1.25 bits per heavy atom. The molecule has 1 aliphatic rings. The summed E-state index contributed by atoms with van der Waals surface area (Å²) in [6.45, 7) is 1.38. The predicted molar refractivity (Wildman–Crippen MR) is 89.7 cm³/mol. The van der Waals surface area contributed by atoms with E-state index < -0.39 is 5.97 Å². The summed E-state index contributed by atoms with van der Waals surface area (Å²) >= 11 is 0. The highest BCUT2D eigenvalue weighted by molar-refractivity contribution is 5.72. The van der Waals surface area contributed by atoms with E-state index in [1.165, 1.54) is 0 Å². The molecule has 2 N–H and O–H groups in total. The van der Waals surface area contributed by atoms with Gasteiger partial charge in [0.1, 0.15) is 11.5 Å². The van der Waals surface area contributed by atoms with Gasteiger partial charge >= 0.3 is 5.97 Å². The Kier molecular flexibility index (Phi) is 4.59. The molecule has 0 bridgehead atoms. The van der Waals surface area contributed by atoms with Crippen LogP contribution in [0.4, 0.5) is 5.82 Å². The molecule has 1 aromatic carbocycles. The summed E-state index contributed by atoms with van der Waals surface area (Å²) in [5.74, 6) is 1.33. The van der Waals surface area contributed by atoms with E-state index in [4.69, 9.17) is 14.6 Å². The van der Waals surface area contributed by atoms with Gasteiger partial charge in [0.15, 0.2) is 5.82 Å². The SMILES string of the molecule is COc1ccc(OC)c(-c2cc(N3CCC(C(=O)O)CC3)n[nH]2)c1. The molecule has 0 atom stereocenters. The summed E-state index contributed by atoms with van der Waals surface area (Å²) in [6, 6.07) is 7.55. The fraction of sp³-hybridized carbons (Fsp3) is 0.412. The number of aromatic nitrogens is 2. The van der Waals surface area contributed by atoms with Crippen molar-refractivity contribution in [2.24, 2.45) is 5.92 Å². The van der Waals surface area contributed by atoms with Crippen molar-refractivity contribution in [2.75, 3.05) is 32.2 Å². The lowest BCUT2D eigenvalue weighted by Crippen LogP contribution is -2.36. The first-order chi connectivity index (χ1) is 11.6. The molecule has 7 heteroatoms. The van der Waals surface area contributed by atoms with Crippen molar-refractivity contribution < 1.29 is 19.4 Å². The van der Waals surface area contributed by atoms with Gasteiger partial charge < -0.3 is 19.5 Å². The summed E-state index contributed by atoms with van der Waals surface area (Å²) in [5, 5.41) is 16.5. The zero-order valence-corrected chi connectivity index (χ0v) is 13.8. The Hall–Kier alpha value is -2.70. The van der Waals surface area contributed by atoms with E-state index in [0.29, 0.717) is 25.9 Å². The molecule has 1 fully saturated rings. The molecule has 0 unspecified atom stereocenters. The molecule has 1 aliphatic heterocycles. The molecule has 128 valence electrons. The molecule has 24 heavy (non-hydrogen) atoms. The minimum absolute atomic E-state index is 0.252. The summed E-state index contributed by atoms with van der Waals surface area (Å²) in [6.07, 6.45) is 1.28. The number of benzene rings is 1. The van der Waals surface area contributed by atoms with Gasteiger partial charge in [0, 0.05) is 24.7 Å². The number of rotatable bonds is 5. The number of hydrogen-bond donors (Lipinski definition) is 2. The van der Waals surface area contributed by atoms with Crippen LogP contribution in [0.3, 0.4) is 0 Å². The fourth-order valence-electron chi connectivity index (χ4n) is 2.99. The number of nitrogens with one attached hydrogen (secondary N) is 1. The molecule has 3 rings (SSSR count). The van der Waals surface area contributed by atoms with E-state index in [1.54, 1.807) is 14.2 Å². The number of carbonyl (C=O) groups is 1. The third kappa shape index (κ3) is 3.15. The van der Waals surface area contributed by atoms with Crippen LogP contribution in [0.1, 0.15) is 12.8 Å². The van der Waals surface area contributed by atoms with Crippen LogP contribution in [0.15, 0.2) is 24.3 Å². The van der Waals surface area contributed by atoms with Crippen molar-refractivity contribution >= 4 is 11.8 Å². The van der Waals surface area contributed by atoms with Crippen molar-refractivity contribution in [3.63, 3.8) is 0 Å². The lowest BCUT2D eigenvalue weighted by atomic mass is 9.97. The average molecular weight is 331 g/mol. The lowest BCUT2D eigenvalue weighted by Gasteiger charge is -2.29. The van der Waals surface area contributed by atoms with Crippen LogP contribution in [0, 0.1) is 5.92 Å². The largest absolute Gasteiger partial charge is 0.497 e. The molecule has 0 radical (unpaired) electrons. The maximum Gasteiger partial charge on any atom is 0.306 e. The van der Waals surface area contributed by atoms with Gasteiger partial charge in [0.25, 0.3) is 0 Å². The summed E-state index contributed by atoms with van der Waals surface area (Å²) in [4.78, 5) is 13.2. The van der Waals surface area contributed by atoms with Gasteiger partial charge in [-0.2, -0.15) is 5.10 Å². The fourth-order valence-corrected chi connectivity index (χ4v) is 2.99. The number of piperidine rings is 1. The van der Waals surface area contributed by atoms with Gasteiger partial charge in [0.05, 0.1) is 25.8 Å². The van der Waals surface area contributed by atoms with Gasteiger partial charge in [-0.3, -0.25) is 9.89 Å². The number of methoxy groups -OCH3 is 2. The molecule has 0 aliphatic carbocycles. The van der Waals surface area contributed by atoms with Gasteiger partial charge in [-0.25, -0.2) is 0 Å². The number of carboxylic acids is 1. The van der Waals surface area contributed by atoms with Crippen LogP contribution in [0.25, 0.3) is 11.3 Å². The number of aliphatic carboxylic acids is 1. The molecule has 0 amide bonds. The maximum atomic E-state index is 11.1. The van der Waals surface area contributed by atoms with Crippen LogP contribution >= 0.6 is 0 Å². The monoisotopic (exact) mass is 331 g/mol. The van der Waals surface area contributed by atoms with Crippen LogP contribution in [0.5, 0.6) is 11.5 Å². The molecule has 1 aromatic heterocycles. The summed E-state index contributed by atoms with van der Waals surface area (Å²) < 4.78 is 10.7. The van der Waals surface area contributed by atoms with Crippen molar-refractivity contribution in [3.05, 3.63) is 24.3 Å². The Balaban J connectivity index is 1.80. The third-order valence-corrected chi connectivity index (χ3v) is 4.43. The topological polar surface area (TPSA) is 87.7 Å². The van der Waals surface area contributed by atoms with Crippen molar-refractivity contribution in [1.29, 1.82) is 0 Å². The van der Waals surface area contributed by atoms with Crippen molar-refractivity contribution in [1.82, 2.24) is 10.2 Å². The highest BCUT2D eigenvalue weighted by atomic mass is 16.5. The van der Waals surface area contributed by atoms with Gasteiger partial charge in [-0.05, 0) is 31.0 Å². The van der Waals surface area contributed by atoms with Crippen molar-refractivity contribution in [2.45, 2.75) is 12.8 Å². The van der Waals surface area contributed by atoms with E-state index in [0.717, 1.165) is 28.6 Å². The number of aromatic amines is 1. The average Bonchev–Trinajstić information content (AvgIpc) is 3.11. The minimum Gasteiger partial charge on any atom is -0.497 e. The molecule has 1 saturated heterocycles. The van der Waals surface area contributed by atoms with Gasteiger partial charge in [-0.1, -0.05) is 0 Å². The Morgan fingerprint density at radius 2 is 2.00 bits per heavy atom. The second kappa shape index (κ2) is 6.82. The maximum absolute atomic E-state index is 11.1. The van der Waals surface area contributed by atoms with E-state index in [2.05, 4.69) is 15.1 Å². The van der Waals surface area contributed by atoms with Crippen LogP contribution in [-0.4, -0.2) is 48.6 Å². The first kappa shape index (κ1) is 16.2. The standard InChI is InChI=1S/C17H21N3O4/c1-23-12-3-4-15(24-2)13(9-12)14-10-16(19-18-14)20-7-5-11(6-8-20)17(21)22/h3-4,9-11H,5-8H2,1-2H3,(H,18,19)(H,21,22). The molecule has 2 aromatic rings. The highest BCUT2D eigenvalue weighted by Gasteiger charge is 2.25. The molecule has 2 heterocycles. The summed E-state index contributed by atoms with van der Waals surface area (Å²) in [5.41, 5.74) is 1.71. The molecule has 0 saturated carbocycles. The Bertz CT molecular complexity index is 720. The predicted octanol–water partition coefficient (Wildman–Crippen LogP) is 2.39. The number of H-pyrrole nitrogens is 1. The van der Waals surface area contributed by atoms with Crippen molar-refractivity contribution in [3.8, 4) is 22.8 Å². The smallest absolute Gasteiger partial charge is 0.306 e. The van der Waals surface area contributed by atoms with E-state index in [-0.39, 0.29) is 5.92 Å². The zero-order valence-electron chi connectivity index (χ0n) is 13.8. The zero-order chi connectivity index (χ0) is 17.1. The highest BCUT2D eigenvalue weighted by Crippen LogP contribution is 2.34. The van der Waals surface area contributed by atoms with Gasteiger partial charge in [0.2, 0.25) is 0 Å². The number of nitrogens with zero attached hydrogens (tertiary/aromatic N) is 2. The van der Waals surface area contributed by atoms with E-state index in [1.807, 2.05) is 24.3 Å². The third-order valence-electron chi connectivity index (χ3n) is 4.43. The molecule has 7 nitrogen and oxygen atoms in total. The number of ether oxygens (including phenoxy) is 2. The molecule has 0 spiro atoms. The van der Waals surface area contributed by atoms with E-state index >= 15 is 0 Å². The first-order valence-electron chi connectivity index (χ1n) is 7.88. The Labute approximate surface area is 140 Å². The Morgan fingerprint density at radius 3 is 2.62 bits per heavy atom. The number of carboxylic acid groups (broad SMARTS) is 1. The van der Waals surface area contributed by atoms with Crippen LogP contribution in [0.2, 0.25) is 0 Å². The second-order valence-corrected chi connectivity index (χ2v) is 5.81. The minimum atomic E-state index is -0.710. The number of hydrogen-bond acceptors (Lipinski definition) is 5. The molecular weight excluding hydrogens is 310 g/mol. The van der Waals surface area contributed by atoms with Crippen LogP contribution < -0.4 is 14.4 Å².